The fraction of sp³-hybridized carbons (Fsp3) is 0.417. The van der Waals surface area contributed by atoms with Crippen molar-refractivity contribution >= 4 is 23.1 Å². The molecular weight excluding hydrogens is 362 g/mol. The van der Waals surface area contributed by atoms with Crippen LogP contribution < -0.4 is 0 Å². The highest BCUT2D eigenvalue weighted by molar-refractivity contribution is 7.12. The summed E-state index contributed by atoms with van der Waals surface area (Å²) in [4.78, 5) is 13.0. The lowest BCUT2D eigenvalue weighted by Gasteiger charge is -2.03. The molecular formula is C24H35N3S. The molecule has 2 aromatic heterocycles. The summed E-state index contributed by atoms with van der Waals surface area (Å²) in [5, 5.41) is 3.13. The van der Waals surface area contributed by atoms with Gasteiger partial charge in [0, 0.05) is 34.1 Å². The van der Waals surface area contributed by atoms with Gasteiger partial charge in [0.2, 0.25) is 0 Å². The molecule has 0 aliphatic carbocycles. The lowest BCUT2D eigenvalue weighted by molar-refractivity contribution is 0.984. The molecule has 2 heterocycles. The van der Waals surface area contributed by atoms with Crippen molar-refractivity contribution < 1.29 is 0 Å². The van der Waals surface area contributed by atoms with E-state index in [0.717, 1.165) is 51.8 Å². The van der Waals surface area contributed by atoms with E-state index in [1.165, 1.54) is 12.0 Å². The summed E-state index contributed by atoms with van der Waals surface area (Å²) in [6.45, 7) is 18.5. The molecule has 0 amide bonds. The highest BCUT2D eigenvalue weighted by atomic mass is 32.1. The smallest absolute Gasteiger partial charge is 0.138 e. The van der Waals surface area contributed by atoms with Crippen LogP contribution in [0.5, 0.6) is 0 Å². The van der Waals surface area contributed by atoms with Gasteiger partial charge in [0.1, 0.15) is 5.01 Å². The summed E-state index contributed by atoms with van der Waals surface area (Å²) in [7, 11) is 0. The number of allylic oxidation sites excluding steroid dienone is 4. The van der Waals surface area contributed by atoms with Crippen LogP contribution in [0, 0.1) is 6.92 Å². The predicted octanol–water partition coefficient (Wildman–Crippen LogP) is 7.97. The van der Waals surface area contributed by atoms with E-state index >= 15 is 0 Å². The monoisotopic (exact) mass is 397 g/mol. The Bertz CT molecular complexity index is 843. The van der Waals surface area contributed by atoms with E-state index in [0.29, 0.717) is 0 Å². The Hall–Kier alpha value is -2.20. The zero-order chi connectivity index (χ0) is 21.1. The Morgan fingerprint density at radius 1 is 1.25 bits per heavy atom. The number of hydrogen-bond donors (Lipinski definition) is 1. The summed E-state index contributed by atoms with van der Waals surface area (Å²) < 4.78 is 0. The summed E-state index contributed by atoms with van der Waals surface area (Å²) in [6.07, 6.45) is 11.1. The van der Waals surface area contributed by atoms with Crippen LogP contribution in [0.4, 0.5) is 0 Å². The Balaban J connectivity index is 0.00000122. The molecule has 2 aromatic rings. The molecule has 0 aromatic carbocycles. The fourth-order valence-electron chi connectivity index (χ4n) is 2.42. The lowest BCUT2D eigenvalue weighted by Crippen LogP contribution is -2.01. The minimum atomic E-state index is 0.937. The number of nitrogens with zero attached hydrogens (tertiary/aromatic N) is 2. The number of H-pyrrole nitrogens is 1. The van der Waals surface area contributed by atoms with Crippen LogP contribution in [-0.2, 0) is 0 Å². The first-order valence-corrected chi connectivity index (χ1v) is 10.9. The van der Waals surface area contributed by atoms with Gasteiger partial charge in [-0.2, -0.15) is 0 Å². The number of nitrogens with one attached hydrogen (secondary N) is 1. The highest BCUT2D eigenvalue weighted by Gasteiger charge is 2.14. The van der Waals surface area contributed by atoms with E-state index < -0.39 is 0 Å². The third-order valence-corrected chi connectivity index (χ3v) is 4.96. The van der Waals surface area contributed by atoms with Crippen LogP contribution in [0.15, 0.2) is 46.6 Å². The zero-order valence-electron chi connectivity index (χ0n) is 18.5. The van der Waals surface area contributed by atoms with Crippen molar-refractivity contribution in [3.63, 3.8) is 0 Å². The third-order valence-electron chi connectivity index (χ3n) is 4.07. The maximum Gasteiger partial charge on any atom is 0.138 e. The van der Waals surface area contributed by atoms with Gasteiger partial charge >= 0.3 is 0 Å². The van der Waals surface area contributed by atoms with Crippen LogP contribution in [-0.4, -0.2) is 15.7 Å². The van der Waals surface area contributed by atoms with E-state index in [4.69, 9.17) is 9.98 Å². The summed E-state index contributed by atoms with van der Waals surface area (Å²) in [5.41, 5.74) is 7.79. The Labute approximate surface area is 175 Å². The normalized spacial score (nSPS) is 11.3. The van der Waals surface area contributed by atoms with Crippen LogP contribution in [0.2, 0.25) is 0 Å². The first-order chi connectivity index (χ1) is 13.4. The number of thiazole rings is 1. The maximum absolute atomic E-state index is 4.88. The van der Waals surface area contributed by atoms with Crippen molar-refractivity contribution in [1.82, 2.24) is 9.97 Å². The summed E-state index contributed by atoms with van der Waals surface area (Å²) >= 11 is 1.67. The average Bonchev–Trinajstić information content (AvgIpc) is 3.27. The van der Waals surface area contributed by atoms with Crippen molar-refractivity contribution in [1.29, 1.82) is 0 Å². The number of aryl methyl sites for hydroxylation is 1. The van der Waals surface area contributed by atoms with Gasteiger partial charge < -0.3 is 4.98 Å². The Morgan fingerprint density at radius 2 is 1.93 bits per heavy atom. The van der Waals surface area contributed by atoms with E-state index in [9.17, 15) is 0 Å². The van der Waals surface area contributed by atoms with Crippen molar-refractivity contribution in [2.75, 3.05) is 0 Å². The van der Waals surface area contributed by atoms with Crippen LogP contribution in [0.1, 0.15) is 77.1 Å². The second-order valence-corrected chi connectivity index (χ2v) is 7.83. The van der Waals surface area contributed by atoms with Crippen molar-refractivity contribution in [2.24, 2.45) is 4.99 Å². The Kier molecular flexibility index (Phi) is 10.5. The molecule has 3 nitrogen and oxygen atoms in total. The van der Waals surface area contributed by atoms with Gasteiger partial charge in [0.05, 0.1) is 11.4 Å². The number of hydrogen-bond acceptors (Lipinski definition) is 3. The minimum absolute atomic E-state index is 0.937. The van der Waals surface area contributed by atoms with Crippen molar-refractivity contribution in [2.45, 2.75) is 67.7 Å². The SMILES string of the molecule is C=C/C=C\c1c(-c2csc(C(CCC)=NC(C)=C(C)C)n2)c[nH]c1C.CCC. The first-order valence-electron chi connectivity index (χ1n) is 10.0. The van der Waals surface area contributed by atoms with Gasteiger partial charge in [-0.1, -0.05) is 64.0 Å². The lowest BCUT2D eigenvalue weighted by atomic mass is 10.1. The quantitative estimate of drug-likeness (QED) is 0.373. The van der Waals surface area contributed by atoms with E-state index in [-0.39, 0.29) is 0 Å². The molecule has 0 atom stereocenters. The molecule has 0 aliphatic rings. The average molecular weight is 398 g/mol. The number of rotatable bonds is 7. The third kappa shape index (κ3) is 6.75. The molecule has 0 aliphatic heterocycles. The molecule has 28 heavy (non-hydrogen) atoms. The van der Waals surface area contributed by atoms with Gasteiger partial charge in [0.25, 0.3) is 0 Å². The number of aromatic nitrogens is 2. The molecule has 0 bridgehead atoms. The van der Waals surface area contributed by atoms with Gasteiger partial charge in [0.15, 0.2) is 0 Å². The Morgan fingerprint density at radius 3 is 2.50 bits per heavy atom. The van der Waals surface area contributed by atoms with Gasteiger partial charge in [-0.15, -0.1) is 11.3 Å². The molecule has 0 fully saturated rings. The zero-order valence-corrected chi connectivity index (χ0v) is 19.3. The molecule has 4 heteroatoms. The molecule has 0 spiro atoms. The number of aliphatic imine (C=N–C) groups is 1. The fourth-order valence-corrected chi connectivity index (χ4v) is 3.26. The van der Waals surface area contributed by atoms with Crippen LogP contribution in [0.25, 0.3) is 17.3 Å². The van der Waals surface area contributed by atoms with Gasteiger partial charge in [-0.3, -0.25) is 4.99 Å². The highest BCUT2D eigenvalue weighted by Crippen LogP contribution is 2.29. The van der Waals surface area contributed by atoms with Crippen LogP contribution in [0.3, 0.4) is 0 Å². The standard InChI is InChI=1S/C21H27N3S.C3H8/c1-7-9-11-17-16(6)22-12-18(17)20-13-25-21(24-20)19(10-8-2)23-15(5)14(3)4;1-3-2/h7,9,11-13,22H,1,8,10H2,2-6H3;3H2,1-2H3/b11-9-,23-19?;. The van der Waals surface area contributed by atoms with Crippen LogP contribution >= 0.6 is 11.3 Å². The molecule has 0 radical (unpaired) electrons. The minimum Gasteiger partial charge on any atom is -0.364 e. The summed E-state index contributed by atoms with van der Waals surface area (Å²) in [5.74, 6) is 0. The maximum atomic E-state index is 4.88. The van der Waals surface area contributed by atoms with E-state index in [2.05, 4.69) is 71.5 Å². The van der Waals surface area contributed by atoms with Crippen molar-refractivity contribution in [3.05, 3.63) is 57.8 Å². The van der Waals surface area contributed by atoms with E-state index in [1.54, 1.807) is 17.4 Å². The summed E-state index contributed by atoms with van der Waals surface area (Å²) in [6, 6.07) is 0. The van der Waals surface area contributed by atoms with Crippen molar-refractivity contribution in [3.8, 4) is 11.3 Å². The largest absolute Gasteiger partial charge is 0.364 e. The predicted molar refractivity (Wildman–Crippen MR) is 127 cm³/mol. The molecule has 0 saturated heterocycles. The van der Waals surface area contributed by atoms with Gasteiger partial charge in [-0.05, 0) is 34.1 Å². The second-order valence-electron chi connectivity index (χ2n) is 6.97. The molecule has 0 unspecified atom stereocenters. The molecule has 1 N–H and O–H groups in total. The molecule has 152 valence electrons. The molecule has 0 saturated carbocycles. The van der Waals surface area contributed by atoms with E-state index in [1.807, 2.05) is 12.3 Å². The van der Waals surface area contributed by atoms with Gasteiger partial charge in [-0.25, -0.2) is 4.98 Å². The first kappa shape index (κ1) is 23.8. The topological polar surface area (TPSA) is 41.0 Å². The number of aromatic amines is 1. The molecule has 2 rings (SSSR count). The second kappa shape index (κ2) is 12.3.